The zero-order valence-electron chi connectivity index (χ0n) is 13.3. The van der Waals surface area contributed by atoms with Crippen LogP contribution in [-0.4, -0.2) is 23.7 Å². The molecular weight excluding hydrogens is 268 g/mol. The molecule has 0 aliphatic heterocycles. The SMILES string of the molecule is Cc1ccc(NC(=O)NCC(C)(C)C(C)C)c(C(=O)O)c1. The predicted octanol–water partition coefficient (Wildman–Crippen LogP) is 3.50. The maximum Gasteiger partial charge on any atom is 0.337 e. The number of carboxylic acid groups (broad SMARTS) is 1. The summed E-state index contributed by atoms with van der Waals surface area (Å²) in [4.78, 5) is 23.1. The lowest BCUT2D eigenvalue weighted by Gasteiger charge is -2.29. The van der Waals surface area contributed by atoms with E-state index in [0.717, 1.165) is 5.56 Å². The minimum absolute atomic E-state index is 0.0275. The van der Waals surface area contributed by atoms with Crippen LogP contribution in [0.3, 0.4) is 0 Å². The van der Waals surface area contributed by atoms with Crippen molar-refractivity contribution in [1.82, 2.24) is 5.32 Å². The lowest BCUT2D eigenvalue weighted by atomic mass is 9.81. The molecule has 0 atom stereocenters. The normalized spacial score (nSPS) is 11.3. The number of amides is 2. The number of hydrogen-bond donors (Lipinski definition) is 3. The highest BCUT2D eigenvalue weighted by Crippen LogP contribution is 2.24. The molecule has 116 valence electrons. The predicted molar refractivity (Wildman–Crippen MR) is 83.8 cm³/mol. The Balaban J connectivity index is 2.74. The van der Waals surface area contributed by atoms with Crippen LogP contribution < -0.4 is 10.6 Å². The number of aromatic carboxylic acids is 1. The van der Waals surface area contributed by atoms with E-state index in [1.165, 1.54) is 6.07 Å². The average molecular weight is 292 g/mol. The summed E-state index contributed by atoms with van der Waals surface area (Å²) in [6, 6.07) is 4.51. The van der Waals surface area contributed by atoms with Gasteiger partial charge >= 0.3 is 12.0 Å². The molecule has 0 aliphatic rings. The first-order chi connectivity index (χ1) is 9.63. The number of carbonyl (C=O) groups is 2. The zero-order valence-corrected chi connectivity index (χ0v) is 13.3. The highest BCUT2D eigenvalue weighted by molar-refractivity contribution is 6.00. The number of aryl methyl sites for hydroxylation is 1. The Labute approximate surface area is 125 Å². The highest BCUT2D eigenvalue weighted by atomic mass is 16.4. The van der Waals surface area contributed by atoms with Crippen LogP contribution in [0.2, 0.25) is 0 Å². The number of rotatable bonds is 5. The molecule has 21 heavy (non-hydrogen) atoms. The van der Waals surface area contributed by atoms with E-state index in [1.54, 1.807) is 19.1 Å². The van der Waals surface area contributed by atoms with Crippen LogP contribution in [-0.2, 0) is 0 Å². The number of anilines is 1. The Bertz CT molecular complexity index is 536. The van der Waals surface area contributed by atoms with Crippen LogP contribution >= 0.6 is 0 Å². The van der Waals surface area contributed by atoms with Gasteiger partial charge in [0.2, 0.25) is 0 Å². The topological polar surface area (TPSA) is 78.4 Å². The number of carbonyl (C=O) groups excluding carboxylic acids is 1. The van der Waals surface area contributed by atoms with E-state index in [-0.39, 0.29) is 11.0 Å². The molecule has 1 rings (SSSR count). The van der Waals surface area contributed by atoms with Gasteiger partial charge in [-0.2, -0.15) is 0 Å². The molecule has 0 aromatic heterocycles. The van der Waals surface area contributed by atoms with Crippen molar-refractivity contribution in [3.63, 3.8) is 0 Å². The fraction of sp³-hybridized carbons (Fsp3) is 0.500. The summed E-state index contributed by atoms with van der Waals surface area (Å²) in [5, 5.41) is 14.6. The van der Waals surface area contributed by atoms with Gasteiger partial charge in [-0.15, -0.1) is 0 Å². The second-order valence-corrected chi connectivity index (χ2v) is 6.31. The first kappa shape index (κ1) is 17.0. The minimum atomic E-state index is -1.06. The number of benzene rings is 1. The molecule has 3 N–H and O–H groups in total. The van der Waals surface area contributed by atoms with Crippen molar-refractivity contribution in [3.8, 4) is 0 Å². The molecular formula is C16H24N2O3. The minimum Gasteiger partial charge on any atom is -0.478 e. The van der Waals surface area contributed by atoms with Crippen molar-refractivity contribution in [2.75, 3.05) is 11.9 Å². The molecule has 5 nitrogen and oxygen atoms in total. The van der Waals surface area contributed by atoms with E-state index >= 15 is 0 Å². The van der Waals surface area contributed by atoms with E-state index in [1.807, 2.05) is 0 Å². The maximum absolute atomic E-state index is 11.9. The van der Waals surface area contributed by atoms with Gasteiger partial charge in [0.1, 0.15) is 0 Å². The summed E-state index contributed by atoms with van der Waals surface area (Å²) in [5.74, 6) is -0.636. The zero-order chi connectivity index (χ0) is 16.2. The molecule has 1 aromatic carbocycles. The van der Waals surface area contributed by atoms with Crippen molar-refractivity contribution in [2.24, 2.45) is 11.3 Å². The average Bonchev–Trinajstić information content (AvgIpc) is 2.38. The summed E-state index contributed by atoms with van der Waals surface area (Å²) in [5.41, 5.74) is 1.20. The van der Waals surface area contributed by atoms with Gasteiger partial charge in [0.15, 0.2) is 0 Å². The molecule has 0 heterocycles. The van der Waals surface area contributed by atoms with Crippen LogP contribution in [0.5, 0.6) is 0 Å². The van der Waals surface area contributed by atoms with Crippen LogP contribution in [0.4, 0.5) is 10.5 Å². The summed E-state index contributed by atoms with van der Waals surface area (Å²) < 4.78 is 0. The van der Waals surface area contributed by atoms with Crippen molar-refractivity contribution >= 4 is 17.7 Å². The van der Waals surface area contributed by atoms with Crippen LogP contribution in [0, 0.1) is 18.3 Å². The monoisotopic (exact) mass is 292 g/mol. The van der Waals surface area contributed by atoms with Gasteiger partial charge < -0.3 is 15.7 Å². The molecule has 0 unspecified atom stereocenters. The van der Waals surface area contributed by atoms with Crippen molar-refractivity contribution in [2.45, 2.75) is 34.6 Å². The fourth-order valence-electron chi connectivity index (χ4n) is 1.62. The second-order valence-electron chi connectivity index (χ2n) is 6.31. The third-order valence-electron chi connectivity index (χ3n) is 3.92. The summed E-state index contributed by atoms with van der Waals surface area (Å²) in [6.07, 6.45) is 0. The van der Waals surface area contributed by atoms with E-state index in [4.69, 9.17) is 5.11 Å². The van der Waals surface area contributed by atoms with Gasteiger partial charge in [-0.25, -0.2) is 9.59 Å². The maximum atomic E-state index is 11.9. The summed E-state index contributed by atoms with van der Waals surface area (Å²) in [7, 11) is 0. The van der Waals surface area contributed by atoms with E-state index in [2.05, 4.69) is 38.3 Å². The quantitative estimate of drug-likeness (QED) is 0.777. The molecule has 0 saturated carbocycles. The van der Waals surface area contributed by atoms with Gasteiger partial charge in [-0.3, -0.25) is 0 Å². The number of nitrogens with one attached hydrogen (secondary N) is 2. The molecule has 2 amide bonds. The summed E-state index contributed by atoms with van der Waals surface area (Å²) in [6.45, 7) is 10.7. The standard InChI is InChI=1S/C16H24N2O3/c1-10(2)16(4,5)9-17-15(21)18-13-7-6-11(3)8-12(13)14(19)20/h6-8,10H,9H2,1-5H3,(H,19,20)(H2,17,18,21). The van der Waals surface area contributed by atoms with Gasteiger partial charge in [0.05, 0.1) is 11.3 Å². The Kier molecular flexibility index (Phi) is 5.35. The summed E-state index contributed by atoms with van der Waals surface area (Å²) >= 11 is 0. The lowest BCUT2D eigenvalue weighted by molar-refractivity contribution is 0.0698. The first-order valence-corrected chi connectivity index (χ1v) is 7.02. The molecule has 0 bridgehead atoms. The highest BCUT2D eigenvalue weighted by Gasteiger charge is 2.23. The number of hydrogen-bond acceptors (Lipinski definition) is 2. The number of carboxylic acids is 1. The molecule has 1 aromatic rings. The molecule has 0 aliphatic carbocycles. The Morgan fingerprint density at radius 2 is 1.90 bits per heavy atom. The molecule has 5 heteroatoms. The molecule has 0 saturated heterocycles. The molecule has 0 fully saturated rings. The third kappa shape index (κ3) is 4.77. The van der Waals surface area contributed by atoms with Crippen molar-refractivity contribution in [3.05, 3.63) is 29.3 Å². The van der Waals surface area contributed by atoms with Crippen LogP contribution in [0.1, 0.15) is 43.6 Å². The largest absolute Gasteiger partial charge is 0.478 e. The van der Waals surface area contributed by atoms with Crippen LogP contribution in [0.15, 0.2) is 18.2 Å². The Morgan fingerprint density at radius 3 is 2.43 bits per heavy atom. The van der Waals surface area contributed by atoms with Crippen molar-refractivity contribution < 1.29 is 14.7 Å². The van der Waals surface area contributed by atoms with Gasteiger partial charge in [-0.1, -0.05) is 39.3 Å². The van der Waals surface area contributed by atoms with Crippen molar-refractivity contribution in [1.29, 1.82) is 0 Å². The van der Waals surface area contributed by atoms with Gasteiger partial charge in [-0.05, 0) is 30.4 Å². The van der Waals surface area contributed by atoms with Gasteiger partial charge in [0, 0.05) is 6.54 Å². The van der Waals surface area contributed by atoms with E-state index in [0.29, 0.717) is 18.2 Å². The molecule has 0 radical (unpaired) electrons. The fourth-order valence-corrected chi connectivity index (χ4v) is 1.62. The Morgan fingerprint density at radius 1 is 1.29 bits per heavy atom. The van der Waals surface area contributed by atoms with Gasteiger partial charge in [0.25, 0.3) is 0 Å². The van der Waals surface area contributed by atoms with E-state index in [9.17, 15) is 9.59 Å². The van der Waals surface area contributed by atoms with Crippen LogP contribution in [0.25, 0.3) is 0 Å². The second kappa shape index (κ2) is 6.61. The first-order valence-electron chi connectivity index (χ1n) is 7.02. The third-order valence-corrected chi connectivity index (χ3v) is 3.92. The molecule has 0 spiro atoms. The Hall–Kier alpha value is -2.04. The smallest absolute Gasteiger partial charge is 0.337 e. The van der Waals surface area contributed by atoms with E-state index < -0.39 is 12.0 Å². The number of urea groups is 1. The lowest BCUT2D eigenvalue weighted by Crippen LogP contribution is -2.39.